The number of carboxylic acids is 1. The Balaban J connectivity index is 2.04. The van der Waals surface area contributed by atoms with Crippen molar-refractivity contribution < 1.29 is 19.4 Å². The van der Waals surface area contributed by atoms with E-state index >= 15 is 0 Å². The molecular weight excluding hydrogens is 272 g/mol. The van der Waals surface area contributed by atoms with E-state index in [0.29, 0.717) is 6.54 Å². The second-order valence-electron chi connectivity index (χ2n) is 5.16. The van der Waals surface area contributed by atoms with Crippen molar-refractivity contribution in [3.05, 3.63) is 35.9 Å². The van der Waals surface area contributed by atoms with Crippen LogP contribution in [0.5, 0.6) is 0 Å². The van der Waals surface area contributed by atoms with Crippen molar-refractivity contribution >= 4 is 11.9 Å². The predicted octanol–water partition coefficient (Wildman–Crippen LogP) is 0.603. The number of ether oxygens (including phenoxy) is 1. The van der Waals surface area contributed by atoms with Gasteiger partial charge in [-0.15, -0.1) is 0 Å². The fourth-order valence-electron chi connectivity index (χ4n) is 2.49. The molecule has 1 atom stereocenters. The van der Waals surface area contributed by atoms with E-state index in [1.54, 1.807) is 4.90 Å². The number of carbonyl (C=O) groups excluding carboxylic acids is 1. The van der Waals surface area contributed by atoms with Crippen LogP contribution in [0.1, 0.15) is 11.6 Å². The molecule has 0 bridgehead atoms. The smallest absolute Gasteiger partial charge is 0.329 e. The summed E-state index contributed by atoms with van der Waals surface area (Å²) < 4.78 is 4.92. The molecule has 1 unspecified atom stereocenters. The summed E-state index contributed by atoms with van der Waals surface area (Å²) in [5.41, 5.74) is 1.08. The average molecular weight is 292 g/mol. The van der Waals surface area contributed by atoms with Crippen LogP contribution in [-0.4, -0.2) is 66.7 Å². The van der Waals surface area contributed by atoms with Crippen molar-refractivity contribution in [2.75, 3.05) is 39.9 Å². The van der Waals surface area contributed by atoms with Crippen LogP contribution in [0.15, 0.2) is 30.3 Å². The number of hydrogen-bond donors (Lipinski definition) is 1. The van der Waals surface area contributed by atoms with Crippen molar-refractivity contribution in [2.45, 2.75) is 6.04 Å². The number of benzene rings is 1. The molecule has 6 nitrogen and oxygen atoms in total. The van der Waals surface area contributed by atoms with Gasteiger partial charge in [-0.25, -0.2) is 4.79 Å². The lowest BCUT2D eigenvalue weighted by atomic mass is 10.0. The summed E-state index contributed by atoms with van der Waals surface area (Å²) in [6.07, 6.45) is 0. The van der Waals surface area contributed by atoms with E-state index in [4.69, 9.17) is 9.84 Å². The van der Waals surface area contributed by atoms with E-state index in [0.717, 1.165) is 18.7 Å². The Morgan fingerprint density at radius 2 is 1.95 bits per heavy atom. The van der Waals surface area contributed by atoms with Gasteiger partial charge in [0, 0.05) is 19.6 Å². The van der Waals surface area contributed by atoms with Gasteiger partial charge in [-0.3, -0.25) is 4.79 Å². The lowest BCUT2D eigenvalue weighted by Crippen LogP contribution is -2.50. The highest BCUT2D eigenvalue weighted by molar-refractivity contribution is 5.78. The molecule has 1 aromatic rings. The molecule has 1 aliphatic heterocycles. The molecule has 1 fully saturated rings. The molecule has 114 valence electrons. The molecule has 21 heavy (non-hydrogen) atoms. The third-order valence-corrected chi connectivity index (χ3v) is 3.54. The monoisotopic (exact) mass is 292 g/mol. The highest BCUT2D eigenvalue weighted by Gasteiger charge is 2.30. The zero-order valence-corrected chi connectivity index (χ0v) is 12.1. The number of aliphatic carboxylic acids is 1. The lowest BCUT2D eigenvalue weighted by Gasteiger charge is -2.40. The van der Waals surface area contributed by atoms with Crippen molar-refractivity contribution in [1.82, 2.24) is 9.80 Å². The molecule has 1 heterocycles. The summed E-state index contributed by atoms with van der Waals surface area (Å²) in [7, 11) is 2.03. The van der Waals surface area contributed by atoms with Gasteiger partial charge in [-0.05, 0) is 12.6 Å². The number of amides is 1. The van der Waals surface area contributed by atoms with Gasteiger partial charge in [0.05, 0.1) is 6.04 Å². The summed E-state index contributed by atoms with van der Waals surface area (Å²) in [5.74, 6) is -1.24. The quantitative estimate of drug-likeness (QED) is 0.861. The lowest BCUT2D eigenvalue weighted by molar-refractivity contribution is -0.147. The molecule has 1 aromatic carbocycles. The first-order valence-corrected chi connectivity index (χ1v) is 6.90. The van der Waals surface area contributed by atoms with Crippen LogP contribution in [-0.2, 0) is 14.3 Å². The van der Waals surface area contributed by atoms with Crippen LogP contribution in [0.3, 0.4) is 0 Å². The molecule has 1 saturated heterocycles. The van der Waals surface area contributed by atoms with Crippen LogP contribution >= 0.6 is 0 Å². The van der Waals surface area contributed by atoms with Crippen LogP contribution in [0.25, 0.3) is 0 Å². The summed E-state index contributed by atoms with van der Waals surface area (Å²) in [5, 5.41) is 8.54. The van der Waals surface area contributed by atoms with Gasteiger partial charge in [-0.1, -0.05) is 30.3 Å². The average Bonchev–Trinajstić information content (AvgIpc) is 2.47. The Hall–Kier alpha value is -1.92. The Morgan fingerprint density at radius 3 is 2.62 bits per heavy atom. The molecule has 1 amide bonds. The SMILES string of the molecule is CN1CCN(C(=O)COCC(=O)O)C(c2ccccc2)C1. The summed E-state index contributed by atoms with van der Waals surface area (Å²) in [4.78, 5) is 26.6. The standard InChI is InChI=1S/C15H20N2O4/c1-16-7-8-17(14(18)10-21-11-15(19)20)13(9-16)12-5-3-2-4-6-12/h2-6,13H,7-11H2,1H3,(H,19,20). The highest BCUT2D eigenvalue weighted by Crippen LogP contribution is 2.24. The molecular formula is C15H20N2O4. The summed E-state index contributed by atoms with van der Waals surface area (Å²) >= 11 is 0. The van der Waals surface area contributed by atoms with E-state index in [2.05, 4.69) is 4.90 Å². The van der Waals surface area contributed by atoms with Crippen molar-refractivity contribution in [3.8, 4) is 0 Å². The van der Waals surface area contributed by atoms with Crippen LogP contribution in [0.2, 0.25) is 0 Å². The Labute approximate surface area is 123 Å². The molecule has 2 rings (SSSR count). The minimum Gasteiger partial charge on any atom is -0.480 e. The summed E-state index contributed by atoms with van der Waals surface area (Å²) in [6, 6.07) is 9.83. The maximum Gasteiger partial charge on any atom is 0.329 e. The normalized spacial score (nSPS) is 19.5. The van der Waals surface area contributed by atoms with E-state index in [-0.39, 0.29) is 18.6 Å². The van der Waals surface area contributed by atoms with Crippen LogP contribution < -0.4 is 0 Å². The predicted molar refractivity (Wildman–Crippen MR) is 76.8 cm³/mol. The molecule has 0 saturated carbocycles. The zero-order valence-electron chi connectivity index (χ0n) is 12.1. The van der Waals surface area contributed by atoms with Gasteiger partial charge in [0.25, 0.3) is 0 Å². The second-order valence-corrected chi connectivity index (χ2v) is 5.16. The van der Waals surface area contributed by atoms with Gasteiger partial charge >= 0.3 is 5.97 Å². The van der Waals surface area contributed by atoms with Crippen molar-refractivity contribution in [3.63, 3.8) is 0 Å². The number of piperazine rings is 1. The first kappa shape index (κ1) is 15.5. The Morgan fingerprint density at radius 1 is 1.24 bits per heavy atom. The first-order chi connectivity index (χ1) is 10.1. The van der Waals surface area contributed by atoms with Crippen LogP contribution in [0.4, 0.5) is 0 Å². The Kier molecular flexibility index (Phi) is 5.30. The van der Waals surface area contributed by atoms with Gasteiger partial charge < -0.3 is 19.6 Å². The molecule has 6 heteroatoms. The molecule has 0 aliphatic carbocycles. The van der Waals surface area contributed by atoms with Gasteiger partial charge in [0.1, 0.15) is 13.2 Å². The number of rotatable bonds is 5. The number of carboxylic acid groups (broad SMARTS) is 1. The maximum atomic E-state index is 12.3. The third-order valence-electron chi connectivity index (χ3n) is 3.54. The molecule has 0 spiro atoms. The van der Waals surface area contributed by atoms with Gasteiger partial charge in [0.2, 0.25) is 5.91 Å². The van der Waals surface area contributed by atoms with Crippen molar-refractivity contribution in [2.24, 2.45) is 0 Å². The minimum atomic E-state index is -1.07. The molecule has 1 aliphatic rings. The van der Waals surface area contributed by atoms with Gasteiger partial charge in [0.15, 0.2) is 0 Å². The third kappa shape index (κ3) is 4.27. The van der Waals surface area contributed by atoms with Crippen molar-refractivity contribution in [1.29, 1.82) is 0 Å². The minimum absolute atomic E-state index is 0.0223. The topological polar surface area (TPSA) is 70.1 Å². The van der Waals surface area contributed by atoms with Crippen LogP contribution in [0, 0.1) is 0 Å². The first-order valence-electron chi connectivity index (χ1n) is 6.90. The fraction of sp³-hybridized carbons (Fsp3) is 0.467. The second kappa shape index (κ2) is 7.19. The van der Waals surface area contributed by atoms with E-state index in [9.17, 15) is 9.59 Å². The van der Waals surface area contributed by atoms with E-state index in [1.807, 2.05) is 37.4 Å². The molecule has 0 aromatic heterocycles. The van der Waals surface area contributed by atoms with E-state index in [1.165, 1.54) is 0 Å². The number of likely N-dealkylation sites (N-methyl/N-ethyl adjacent to an activating group) is 1. The number of nitrogens with zero attached hydrogens (tertiary/aromatic N) is 2. The Bertz CT molecular complexity index is 492. The highest BCUT2D eigenvalue weighted by atomic mass is 16.5. The maximum absolute atomic E-state index is 12.3. The largest absolute Gasteiger partial charge is 0.480 e. The fourth-order valence-corrected chi connectivity index (χ4v) is 2.49. The number of carbonyl (C=O) groups is 2. The molecule has 0 radical (unpaired) electrons. The van der Waals surface area contributed by atoms with Gasteiger partial charge in [-0.2, -0.15) is 0 Å². The molecule has 1 N–H and O–H groups in total. The number of hydrogen-bond acceptors (Lipinski definition) is 4. The summed E-state index contributed by atoms with van der Waals surface area (Å²) in [6.45, 7) is 1.53. The zero-order chi connectivity index (χ0) is 15.2. The van der Waals surface area contributed by atoms with E-state index < -0.39 is 12.6 Å².